The third-order valence-electron chi connectivity index (χ3n) is 2.48. The van der Waals surface area contributed by atoms with E-state index in [1.165, 1.54) is 7.11 Å². The topological polar surface area (TPSA) is 58.2 Å². The summed E-state index contributed by atoms with van der Waals surface area (Å²) in [6, 6.07) is 7.84. The highest BCUT2D eigenvalue weighted by molar-refractivity contribution is 5.74. The summed E-state index contributed by atoms with van der Waals surface area (Å²) in [5.74, 6) is 0.598. The molecule has 0 aliphatic rings. The zero-order chi connectivity index (χ0) is 12.3. The Morgan fingerprint density at radius 1 is 1.47 bits per heavy atom. The van der Waals surface area contributed by atoms with E-state index in [-0.39, 0.29) is 12.5 Å². The molecule has 0 bridgehead atoms. The number of aromatic nitrogens is 2. The molecule has 1 aromatic heterocycles. The minimum absolute atomic E-state index is 0.247. The number of para-hydroxylation sites is 2. The smallest absolute Gasteiger partial charge is 0.319 e. The van der Waals surface area contributed by atoms with Crippen LogP contribution in [0.3, 0.4) is 0 Å². The van der Waals surface area contributed by atoms with Crippen LogP contribution >= 0.6 is 0 Å². The lowest BCUT2D eigenvalue weighted by molar-refractivity contribution is -0.141. The van der Waals surface area contributed by atoms with Crippen molar-refractivity contribution in [2.75, 3.05) is 20.7 Å². The molecule has 0 atom stereocenters. The molecule has 0 saturated carbocycles. The van der Waals surface area contributed by atoms with Gasteiger partial charge in [0.25, 0.3) is 0 Å². The molecule has 1 heterocycles. The van der Waals surface area contributed by atoms with Crippen molar-refractivity contribution < 1.29 is 9.53 Å². The first-order valence-corrected chi connectivity index (χ1v) is 5.38. The number of carbonyl (C=O) groups is 1. The number of hydrogen-bond acceptors (Lipinski definition) is 4. The monoisotopic (exact) mass is 233 g/mol. The van der Waals surface area contributed by atoms with Gasteiger partial charge in [0.15, 0.2) is 0 Å². The summed E-state index contributed by atoms with van der Waals surface area (Å²) in [6.45, 7) is 0.845. The number of likely N-dealkylation sites (N-methyl/N-ethyl adjacent to an activating group) is 1. The summed E-state index contributed by atoms with van der Waals surface area (Å²) < 4.78 is 4.61. The molecule has 5 heteroatoms. The van der Waals surface area contributed by atoms with E-state index in [2.05, 4.69) is 14.7 Å². The first-order valence-electron chi connectivity index (χ1n) is 5.38. The number of imidazole rings is 1. The van der Waals surface area contributed by atoms with Crippen molar-refractivity contribution in [3.05, 3.63) is 30.1 Å². The van der Waals surface area contributed by atoms with Gasteiger partial charge >= 0.3 is 5.97 Å². The van der Waals surface area contributed by atoms with E-state index in [0.717, 1.165) is 16.9 Å². The van der Waals surface area contributed by atoms with Gasteiger partial charge in [0.05, 0.1) is 31.2 Å². The second kappa shape index (κ2) is 4.97. The maximum atomic E-state index is 11.1. The molecular formula is C12H15N3O2. The Morgan fingerprint density at radius 3 is 2.94 bits per heavy atom. The molecule has 1 N–H and O–H groups in total. The molecule has 5 nitrogen and oxygen atoms in total. The molecule has 0 fully saturated rings. The molecule has 0 aliphatic carbocycles. The number of ether oxygens (including phenoxy) is 1. The van der Waals surface area contributed by atoms with E-state index in [1.807, 2.05) is 36.2 Å². The van der Waals surface area contributed by atoms with E-state index >= 15 is 0 Å². The van der Waals surface area contributed by atoms with E-state index in [9.17, 15) is 4.79 Å². The van der Waals surface area contributed by atoms with Crippen molar-refractivity contribution in [1.82, 2.24) is 14.9 Å². The van der Waals surface area contributed by atoms with Crippen LogP contribution in [0.2, 0.25) is 0 Å². The molecule has 2 aromatic rings. The van der Waals surface area contributed by atoms with E-state index < -0.39 is 0 Å². The molecule has 90 valence electrons. The second-order valence-corrected chi connectivity index (χ2v) is 3.95. The Bertz CT molecular complexity index is 488. The normalized spacial score (nSPS) is 11.0. The van der Waals surface area contributed by atoms with Gasteiger partial charge in [-0.25, -0.2) is 4.98 Å². The predicted octanol–water partition coefficient (Wildman–Crippen LogP) is 1.17. The Morgan fingerprint density at radius 2 is 2.24 bits per heavy atom. The zero-order valence-electron chi connectivity index (χ0n) is 9.93. The third-order valence-corrected chi connectivity index (χ3v) is 2.48. The average molecular weight is 233 g/mol. The molecule has 17 heavy (non-hydrogen) atoms. The van der Waals surface area contributed by atoms with Gasteiger partial charge in [0, 0.05) is 0 Å². The standard InChI is InChI=1S/C12H15N3O2/c1-15(8-12(16)17-2)7-11-13-9-5-3-4-6-10(9)14-11/h3-6H,7-8H2,1-2H3,(H,13,14). The highest BCUT2D eigenvalue weighted by Crippen LogP contribution is 2.11. The fourth-order valence-electron chi connectivity index (χ4n) is 1.68. The Balaban J connectivity index is 2.05. The van der Waals surface area contributed by atoms with E-state index in [4.69, 9.17) is 0 Å². The zero-order valence-corrected chi connectivity index (χ0v) is 9.93. The van der Waals surface area contributed by atoms with Crippen LogP contribution in [0.4, 0.5) is 0 Å². The van der Waals surface area contributed by atoms with E-state index in [1.54, 1.807) is 0 Å². The van der Waals surface area contributed by atoms with Gasteiger partial charge in [-0.1, -0.05) is 12.1 Å². The first-order chi connectivity index (χ1) is 8.19. The number of carbonyl (C=O) groups excluding carboxylic acids is 1. The highest BCUT2D eigenvalue weighted by atomic mass is 16.5. The second-order valence-electron chi connectivity index (χ2n) is 3.95. The third kappa shape index (κ3) is 2.82. The summed E-state index contributed by atoms with van der Waals surface area (Å²) in [4.78, 5) is 20.6. The van der Waals surface area contributed by atoms with Crippen LogP contribution in [-0.2, 0) is 16.1 Å². The number of nitrogens with one attached hydrogen (secondary N) is 1. The largest absolute Gasteiger partial charge is 0.468 e. The molecule has 0 amide bonds. The van der Waals surface area contributed by atoms with Crippen LogP contribution in [0, 0.1) is 0 Å². The lowest BCUT2D eigenvalue weighted by Crippen LogP contribution is -2.26. The highest BCUT2D eigenvalue weighted by Gasteiger charge is 2.09. The van der Waals surface area contributed by atoms with Crippen LogP contribution in [0.15, 0.2) is 24.3 Å². The molecule has 0 spiro atoms. The number of esters is 1. The Labute approximate surface area is 99.4 Å². The number of fused-ring (bicyclic) bond motifs is 1. The summed E-state index contributed by atoms with van der Waals surface area (Å²) in [6.07, 6.45) is 0. The maximum absolute atomic E-state index is 11.1. The number of aromatic amines is 1. The lowest BCUT2D eigenvalue weighted by atomic mass is 10.3. The Kier molecular flexibility index (Phi) is 3.39. The number of benzene rings is 1. The molecule has 0 saturated heterocycles. The lowest BCUT2D eigenvalue weighted by Gasteiger charge is -2.12. The van der Waals surface area contributed by atoms with Gasteiger partial charge in [-0.15, -0.1) is 0 Å². The summed E-state index contributed by atoms with van der Waals surface area (Å²) in [5, 5.41) is 0. The average Bonchev–Trinajstić information content (AvgIpc) is 2.70. The van der Waals surface area contributed by atoms with Crippen molar-refractivity contribution in [2.45, 2.75) is 6.54 Å². The van der Waals surface area contributed by atoms with Crippen LogP contribution in [-0.4, -0.2) is 41.5 Å². The van der Waals surface area contributed by atoms with Crippen molar-refractivity contribution in [2.24, 2.45) is 0 Å². The van der Waals surface area contributed by atoms with Crippen LogP contribution in [0.25, 0.3) is 11.0 Å². The number of rotatable bonds is 4. The van der Waals surface area contributed by atoms with Crippen LogP contribution in [0.1, 0.15) is 5.82 Å². The number of H-pyrrole nitrogens is 1. The quantitative estimate of drug-likeness (QED) is 0.805. The summed E-state index contributed by atoms with van der Waals surface area (Å²) in [7, 11) is 3.24. The van der Waals surface area contributed by atoms with Gasteiger partial charge < -0.3 is 9.72 Å². The van der Waals surface area contributed by atoms with E-state index in [0.29, 0.717) is 6.54 Å². The summed E-state index contributed by atoms with van der Waals surface area (Å²) in [5.41, 5.74) is 1.95. The number of hydrogen-bond donors (Lipinski definition) is 1. The van der Waals surface area contributed by atoms with Crippen LogP contribution < -0.4 is 0 Å². The Hall–Kier alpha value is -1.88. The number of nitrogens with zero attached hydrogens (tertiary/aromatic N) is 2. The van der Waals surface area contributed by atoms with Gasteiger partial charge in [-0.3, -0.25) is 9.69 Å². The van der Waals surface area contributed by atoms with Gasteiger partial charge in [0.2, 0.25) is 0 Å². The summed E-state index contributed by atoms with van der Waals surface area (Å²) >= 11 is 0. The molecule has 1 aromatic carbocycles. The van der Waals surface area contributed by atoms with Gasteiger partial charge in [0.1, 0.15) is 5.82 Å². The first kappa shape index (κ1) is 11.6. The maximum Gasteiger partial charge on any atom is 0.319 e. The van der Waals surface area contributed by atoms with Crippen molar-refractivity contribution >= 4 is 17.0 Å². The minimum atomic E-state index is -0.247. The molecule has 0 aliphatic heterocycles. The van der Waals surface area contributed by atoms with Gasteiger partial charge in [-0.2, -0.15) is 0 Å². The van der Waals surface area contributed by atoms with Crippen molar-refractivity contribution in [3.8, 4) is 0 Å². The number of methoxy groups -OCH3 is 1. The predicted molar refractivity (Wildman–Crippen MR) is 64.4 cm³/mol. The molecule has 0 radical (unpaired) electrons. The van der Waals surface area contributed by atoms with Crippen molar-refractivity contribution in [3.63, 3.8) is 0 Å². The van der Waals surface area contributed by atoms with Gasteiger partial charge in [-0.05, 0) is 19.2 Å². The van der Waals surface area contributed by atoms with Crippen molar-refractivity contribution in [1.29, 1.82) is 0 Å². The SMILES string of the molecule is COC(=O)CN(C)Cc1nc2ccccc2[nH]1. The minimum Gasteiger partial charge on any atom is -0.468 e. The molecular weight excluding hydrogens is 218 g/mol. The molecule has 2 rings (SSSR count). The van der Waals surface area contributed by atoms with Crippen LogP contribution in [0.5, 0.6) is 0 Å². The fraction of sp³-hybridized carbons (Fsp3) is 0.333. The molecule has 0 unspecified atom stereocenters. The fourth-order valence-corrected chi connectivity index (χ4v) is 1.68.